The molecule has 1 fully saturated rings. The van der Waals surface area contributed by atoms with Gasteiger partial charge in [0, 0.05) is 43.4 Å². The summed E-state index contributed by atoms with van der Waals surface area (Å²) >= 11 is 0. The van der Waals surface area contributed by atoms with Crippen LogP contribution in [0.2, 0.25) is 0 Å². The Balaban J connectivity index is 1.30. The lowest BCUT2D eigenvalue weighted by Gasteiger charge is -2.26. The summed E-state index contributed by atoms with van der Waals surface area (Å²) < 4.78 is 15.1. The first-order valence-corrected chi connectivity index (χ1v) is 10.9. The Morgan fingerprint density at radius 2 is 2.12 bits per heavy atom. The number of nitrogens with zero attached hydrogens (tertiary/aromatic N) is 3. The third-order valence-corrected chi connectivity index (χ3v) is 5.77. The molecule has 9 nitrogen and oxygen atoms in total. The van der Waals surface area contributed by atoms with E-state index in [9.17, 15) is 14.0 Å². The molecule has 3 aromatic heterocycles. The number of pyridine rings is 1. The molecule has 0 saturated heterocycles. The van der Waals surface area contributed by atoms with Gasteiger partial charge >= 0.3 is 0 Å². The van der Waals surface area contributed by atoms with Gasteiger partial charge in [-0.25, -0.2) is 14.4 Å². The maximum atomic E-state index is 13.7. The van der Waals surface area contributed by atoms with Crippen LogP contribution in [0.25, 0.3) is 11.0 Å². The van der Waals surface area contributed by atoms with Crippen molar-refractivity contribution in [1.82, 2.24) is 30.2 Å². The quantitative estimate of drug-likeness (QED) is 0.357. The van der Waals surface area contributed by atoms with Crippen LogP contribution in [0.1, 0.15) is 36.9 Å². The summed E-state index contributed by atoms with van der Waals surface area (Å²) in [4.78, 5) is 36.3. The van der Waals surface area contributed by atoms with Crippen molar-refractivity contribution < 1.29 is 9.18 Å². The largest absolute Gasteiger partial charge is 0.365 e. The first-order chi connectivity index (χ1) is 15.5. The molecule has 0 aliphatic heterocycles. The van der Waals surface area contributed by atoms with Gasteiger partial charge in [0.2, 0.25) is 5.91 Å². The fourth-order valence-corrected chi connectivity index (χ4v) is 3.61. The Morgan fingerprint density at radius 3 is 2.91 bits per heavy atom. The Kier molecular flexibility index (Phi) is 6.79. The van der Waals surface area contributed by atoms with E-state index in [4.69, 9.17) is 0 Å². The van der Waals surface area contributed by atoms with Crippen LogP contribution in [-0.4, -0.2) is 44.6 Å². The molecule has 4 rings (SSSR count). The molecule has 0 atom stereocenters. The number of H-pyrrole nitrogens is 1. The molecule has 0 bridgehead atoms. The minimum Gasteiger partial charge on any atom is -0.365 e. The van der Waals surface area contributed by atoms with E-state index >= 15 is 0 Å². The number of hydrogen-bond acceptors (Lipinski definition) is 6. The van der Waals surface area contributed by atoms with E-state index in [1.54, 1.807) is 25.4 Å². The van der Waals surface area contributed by atoms with Gasteiger partial charge in [-0.3, -0.25) is 14.2 Å². The van der Waals surface area contributed by atoms with E-state index in [1.165, 1.54) is 30.0 Å². The Morgan fingerprint density at radius 1 is 1.28 bits per heavy atom. The van der Waals surface area contributed by atoms with Crippen molar-refractivity contribution in [2.45, 2.75) is 51.7 Å². The lowest BCUT2D eigenvalue weighted by atomic mass is 9.93. The molecule has 32 heavy (non-hydrogen) atoms. The van der Waals surface area contributed by atoms with Crippen LogP contribution in [0.5, 0.6) is 0 Å². The monoisotopic (exact) mass is 441 g/mol. The van der Waals surface area contributed by atoms with Gasteiger partial charge in [0.05, 0.1) is 5.39 Å². The van der Waals surface area contributed by atoms with Crippen molar-refractivity contribution in [3.8, 4) is 0 Å². The second-order valence-electron chi connectivity index (χ2n) is 8.15. The number of nitrogens with one attached hydrogen (secondary N) is 4. The molecule has 10 heteroatoms. The molecule has 4 N–H and O–H groups in total. The molecule has 1 saturated carbocycles. The number of amides is 1. The van der Waals surface area contributed by atoms with E-state index in [1.807, 2.05) is 0 Å². The van der Waals surface area contributed by atoms with E-state index in [2.05, 4.69) is 30.9 Å². The number of hydrogen-bond donors (Lipinski definition) is 4. The van der Waals surface area contributed by atoms with E-state index in [0.29, 0.717) is 34.9 Å². The number of aryl methyl sites for hydroxylation is 1. The predicted molar refractivity (Wildman–Crippen MR) is 120 cm³/mol. The second kappa shape index (κ2) is 9.90. The zero-order chi connectivity index (χ0) is 22.5. The number of halogens is 1. The summed E-state index contributed by atoms with van der Waals surface area (Å²) in [5.41, 5.74) is 1.39. The Bertz CT molecular complexity index is 1150. The summed E-state index contributed by atoms with van der Waals surface area (Å²) in [7, 11) is 0. The van der Waals surface area contributed by atoms with Crippen LogP contribution in [0.4, 0.5) is 10.2 Å². The highest BCUT2D eigenvalue weighted by Gasteiger charge is 2.16. The number of fused-ring (bicyclic) bond motifs is 1. The molecule has 3 heterocycles. The zero-order valence-electron chi connectivity index (χ0n) is 18.1. The van der Waals surface area contributed by atoms with Crippen LogP contribution in [0, 0.1) is 12.7 Å². The van der Waals surface area contributed by atoms with Gasteiger partial charge in [-0.05, 0) is 44.4 Å². The van der Waals surface area contributed by atoms with Gasteiger partial charge in [0.15, 0.2) is 5.82 Å². The van der Waals surface area contributed by atoms with Crippen LogP contribution >= 0.6 is 0 Å². The highest BCUT2D eigenvalue weighted by molar-refractivity contribution is 5.78. The molecule has 0 radical (unpaired) electrons. The molecule has 0 aromatic carbocycles. The molecule has 1 aliphatic rings. The highest BCUT2D eigenvalue weighted by Crippen LogP contribution is 2.17. The highest BCUT2D eigenvalue weighted by atomic mass is 19.1. The Labute approximate surface area is 184 Å². The smallest absolute Gasteiger partial charge is 0.293 e. The SMILES string of the molecule is Cc1cnc(NCCCNC2CCC2)c(=O)n1CC(=O)NCc1cnc2[nH]cc(F)c2c1. The minimum absolute atomic E-state index is 0.126. The van der Waals surface area contributed by atoms with Gasteiger partial charge in [0.25, 0.3) is 5.56 Å². The van der Waals surface area contributed by atoms with Gasteiger partial charge < -0.3 is 20.9 Å². The summed E-state index contributed by atoms with van der Waals surface area (Å²) in [5, 5.41) is 9.69. The van der Waals surface area contributed by atoms with Gasteiger partial charge in [-0.1, -0.05) is 6.42 Å². The van der Waals surface area contributed by atoms with Crippen LogP contribution in [0.3, 0.4) is 0 Å². The molecule has 0 spiro atoms. The molecule has 170 valence electrons. The fraction of sp³-hybridized carbons (Fsp3) is 0.455. The first kappa shape index (κ1) is 21.9. The van der Waals surface area contributed by atoms with E-state index in [-0.39, 0.29) is 30.4 Å². The standard InChI is InChI=1S/C22H28FN7O2/c1-14-9-27-21(25-7-3-6-24-16-4-2-5-16)22(32)30(14)13-19(31)26-10-15-8-17-18(23)12-29-20(17)28-11-15/h8-9,11-12,16,24H,2-7,10,13H2,1H3,(H,25,27)(H,26,31)(H,28,29). The summed E-state index contributed by atoms with van der Waals surface area (Å²) in [5.74, 6) is -0.477. The lowest BCUT2D eigenvalue weighted by Crippen LogP contribution is -2.36. The number of aromatic nitrogens is 4. The zero-order valence-corrected chi connectivity index (χ0v) is 18.1. The average molecular weight is 442 g/mol. The maximum Gasteiger partial charge on any atom is 0.293 e. The van der Waals surface area contributed by atoms with Crippen molar-refractivity contribution in [1.29, 1.82) is 0 Å². The average Bonchev–Trinajstić information content (AvgIpc) is 3.12. The van der Waals surface area contributed by atoms with Gasteiger partial charge in [0.1, 0.15) is 18.0 Å². The molecule has 1 aliphatic carbocycles. The predicted octanol–water partition coefficient (Wildman–Crippen LogP) is 1.83. The van der Waals surface area contributed by atoms with Crippen molar-refractivity contribution in [2.75, 3.05) is 18.4 Å². The number of carbonyl (C=O) groups excluding carboxylic acids is 1. The first-order valence-electron chi connectivity index (χ1n) is 10.9. The van der Waals surface area contributed by atoms with Crippen molar-refractivity contribution in [3.05, 3.63) is 52.1 Å². The molecule has 1 amide bonds. The number of anilines is 1. The van der Waals surface area contributed by atoms with E-state index in [0.717, 1.165) is 13.0 Å². The lowest BCUT2D eigenvalue weighted by molar-refractivity contribution is -0.121. The molecular weight excluding hydrogens is 413 g/mol. The van der Waals surface area contributed by atoms with Gasteiger partial charge in [-0.15, -0.1) is 0 Å². The van der Waals surface area contributed by atoms with Crippen molar-refractivity contribution in [3.63, 3.8) is 0 Å². The van der Waals surface area contributed by atoms with Crippen LogP contribution in [-0.2, 0) is 17.9 Å². The fourth-order valence-electron chi connectivity index (χ4n) is 3.61. The third-order valence-electron chi connectivity index (χ3n) is 5.77. The molecule has 3 aromatic rings. The van der Waals surface area contributed by atoms with Crippen LogP contribution < -0.4 is 21.5 Å². The molecule has 0 unspecified atom stereocenters. The number of aromatic amines is 1. The van der Waals surface area contributed by atoms with Gasteiger partial charge in [-0.2, -0.15) is 0 Å². The van der Waals surface area contributed by atoms with E-state index < -0.39 is 5.82 Å². The topological polar surface area (TPSA) is 117 Å². The number of rotatable bonds is 10. The Hall–Kier alpha value is -3.27. The summed E-state index contributed by atoms with van der Waals surface area (Å²) in [6.45, 7) is 3.32. The second-order valence-corrected chi connectivity index (χ2v) is 8.15. The summed E-state index contributed by atoms with van der Waals surface area (Å²) in [6.07, 6.45) is 9.07. The van der Waals surface area contributed by atoms with Crippen LogP contribution in [0.15, 0.2) is 29.5 Å². The summed E-state index contributed by atoms with van der Waals surface area (Å²) in [6, 6.07) is 2.28. The normalized spacial score (nSPS) is 13.8. The molecular formula is C22H28FN7O2. The van der Waals surface area contributed by atoms with Crippen molar-refractivity contribution in [2.24, 2.45) is 0 Å². The number of carbonyl (C=O) groups is 1. The minimum atomic E-state index is -0.390. The van der Waals surface area contributed by atoms with Crippen molar-refractivity contribution >= 4 is 22.8 Å². The third kappa shape index (κ3) is 5.13. The maximum absolute atomic E-state index is 13.7.